The third-order valence-corrected chi connectivity index (χ3v) is 7.52. The van der Waals surface area contributed by atoms with Crippen LogP contribution in [-0.4, -0.2) is 6.29 Å². The van der Waals surface area contributed by atoms with Crippen molar-refractivity contribution in [3.05, 3.63) is 34.9 Å². The van der Waals surface area contributed by atoms with E-state index >= 15 is 0 Å². The Hall–Kier alpha value is -1.11. The smallest absolute Gasteiger partial charge is 0.142 e. The third-order valence-electron chi connectivity index (χ3n) is 7.52. The molecule has 0 aromatic heterocycles. The van der Waals surface area contributed by atoms with Gasteiger partial charge in [0.1, 0.15) is 6.29 Å². The number of allylic oxidation sites excluding steroid dienone is 6. The standard InChI is InChI=1S/C21H28O/c1-20-12-4-3-5-15(20)6-8-17-18-9-7-16(11-14-22)21(18,2)13-10-19(17)20/h5,10-11,14,17-18H,3-4,6-9,12-13H2,1-2H3/t17-,18-,20-,21+/m0/s1. The number of hydrogen-bond acceptors (Lipinski definition) is 1. The van der Waals surface area contributed by atoms with Crippen molar-refractivity contribution in [2.24, 2.45) is 22.7 Å². The van der Waals surface area contributed by atoms with E-state index in [2.05, 4.69) is 26.0 Å². The summed E-state index contributed by atoms with van der Waals surface area (Å²) in [6, 6.07) is 0. The second-order valence-electron chi connectivity index (χ2n) is 8.35. The van der Waals surface area contributed by atoms with Crippen LogP contribution in [0.15, 0.2) is 34.9 Å². The van der Waals surface area contributed by atoms with Crippen LogP contribution in [0.1, 0.15) is 65.2 Å². The van der Waals surface area contributed by atoms with Gasteiger partial charge in [-0.1, -0.05) is 42.7 Å². The van der Waals surface area contributed by atoms with Gasteiger partial charge in [-0.3, -0.25) is 4.79 Å². The van der Waals surface area contributed by atoms with E-state index < -0.39 is 0 Å². The van der Waals surface area contributed by atoms with Crippen LogP contribution in [0.5, 0.6) is 0 Å². The lowest BCUT2D eigenvalue weighted by molar-refractivity contribution is -0.104. The summed E-state index contributed by atoms with van der Waals surface area (Å²) in [6.07, 6.45) is 18.2. The van der Waals surface area contributed by atoms with Crippen LogP contribution in [0.4, 0.5) is 0 Å². The largest absolute Gasteiger partial charge is 0.299 e. The minimum absolute atomic E-state index is 0.251. The molecule has 4 rings (SSSR count). The predicted molar refractivity (Wildman–Crippen MR) is 90.4 cm³/mol. The molecule has 4 atom stereocenters. The number of hydrogen-bond donors (Lipinski definition) is 0. The number of fused-ring (bicyclic) bond motifs is 5. The number of aldehydes is 1. The fourth-order valence-electron chi connectivity index (χ4n) is 6.25. The van der Waals surface area contributed by atoms with Crippen molar-refractivity contribution in [2.45, 2.75) is 65.2 Å². The Morgan fingerprint density at radius 3 is 2.86 bits per heavy atom. The van der Waals surface area contributed by atoms with E-state index in [0.717, 1.165) is 31.0 Å². The highest BCUT2D eigenvalue weighted by molar-refractivity contribution is 5.67. The van der Waals surface area contributed by atoms with E-state index in [4.69, 9.17) is 0 Å². The average Bonchev–Trinajstić information content (AvgIpc) is 2.84. The second kappa shape index (κ2) is 4.94. The zero-order valence-corrected chi connectivity index (χ0v) is 14.0. The molecule has 22 heavy (non-hydrogen) atoms. The first kappa shape index (κ1) is 14.5. The van der Waals surface area contributed by atoms with Gasteiger partial charge in [0.25, 0.3) is 0 Å². The monoisotopic (exact) mass is 296 g/mol. The third kappa shape index (κ3) is 1.80. The van der Waals surface area contributed by atoms with E-state index in [9.17, 15) is 4.79 Å². The van der Waals surface area contributed by atoms with Crippen LogP contribution in [0.25, 0.3) is 0 Å². The first-order valence-electron chi connectivity index (χ1n) is 9.14. The molecule has 0 aliphatic heterocycles. The fourth-order valence-corrected chi connectivity index (χ4v) is 6.25. The molecule has 4 aliphatic carbocycles. The Labute approximate surface area is 134 Å². The van der Waals surface area contributed by atoms with Gasteiger partial charge in [-0.2, -0.15) is 0 Å². The molecule has 0 bridgehead atoms. The molecule has 118 valence electrons. The van der Waals surface area contributed by atoms with Crippen molar-refractivity contribution < 1.29 is 4.79 Å². The van der Waals surface area contributed by atoms with Gasteiger partial charge >= 0.3 is 0 Å². The lowest BCUT2D eigenvalue weighted by Crippen LogP contribution is -2.42. The van der Waals surface area contributed by atoms with E-state index in [1.165, 1.54) is 44.1 Å². The van der Waals surface area contributed by atoms with Crippen LogP contribution < -0.4 is 0 Å². The summed E-state index contributed by atoms with van der Waals surface area (Å²) in [4.78, 5) is 11.0. The van der Waals surface area contributed by atoms with Gasteiger partial charge in [0.15, 0.2) is 0 Å². The van der Waals surface area contributed by atoms with Gasteiger partial charge in [0, 0.05) is 5.41 Å². The second-order valence-corrected chi connectivity index (χ2v) is 8.35. The molecule has 0 radical (unpaired) electrons. The highest BCUT2D eigenvalue weighted by Crippen LogP contribution is 2.64. The molecule has 0 aromatic carbocycles. The quantitative estimate of drug-likeness (QED) is 0.360. The van der Waals surface area contributed by atoms with Crippen molar-refractivity contribution >= 4 is 6.29 Å². The van der Waals surface area contributed by atoms with E-state index in [1.807, 2.05) is 6.08 Å². The summed E-state index contributed by atoms with van der Waals surface area (Å²) in [5.74, 6) is 1.52. The minimum Gasteiger partial charge on any atom is -0.299 e. The number of rotatable bonds is 1. The van der Waals surface area contributed by atoms with Crippen molar-refractivity contribution in [3.63, 3.8) is 0 Å². The molecule has 0 spiro atoms. The van der Waals surface area contributed by atoms with Gasteiger partial charge in [-0.25, -0.2) is 0 Å². The van der Waals surface area contributed by atoms with Crippen molar-refractivity contribution in [1.29, 1.82) is 0 Å². The molecular weight excluding hydrogens is 268 g/mol. The van der Waals surface area contributed by atoms with Crippen LogP contribution in [0.2, 0.25) is 0 Å². The Morgan fingerprint density at radius 2 is 2.05 bits per heavy atom. The molecule has 0 unspecified atom stereocenters. The van der Waals surface area contributed by atoms with Crippen molar-refractivity contribution in [3.8, 4) is 0 Å². The fraction of sp³-hybridized carbons (Fsp3) is 0.667. The van der Waals surface area contributed by atoms with Crippen LogP contribution >= 0.6 is 0 Å². The maximum atomic E-state index is 11.0. The zero-order chi connectivity index (χ0) is 15.4. The van der Waals surface area contributed by atoms with Crippen molar-refractivity contribution in [2.75, 3.05) is 0 Å². The predicted octanol–water partition coefficient (Wildman–Crippen LogP) is 5.38. The lowest BCUT2D eigenvalue weighted by Gasteiger charge is -2.53. The summed E-state index contributed by atoms with van der Waals surface area (Å²) in [5.41, 5.74) is 5.52. The Balaban J connectivity index is 1.76. The highest BCUT2D eigenvalue weighted by Gasteiger charge is 2.53. The summed E-state index contributed by atoms with van der Waals surface area (Å²) in [7, 11) is 0. The lowest BCUT2D eigenvalue weighted by atomic mass is 9.52. The van der Waals surface area contributed by atoms with Gasteiger partial charge in [-0.15, -0.1) is 0 Å². The first-order valence-corrected chi connectivity index (χ1v) is 9.14. The molecule has 1 heteroatoms. The summed E-state index contributed by atoms with van der Waals surface area (Å²) < 4.78 is 0. The van der Waals surface area contributed by atoms with Gasteiger partial charge < -0.3 is 0 Å². The molecule has 2 saturated carbocycles. The van der Waals surface area contributed by atoms with E-state index in [1.54, 1.807) is 11.1 Å². The molecule has 2 fully saturated rings. The number of carbonyl (C=O) groups excluding carboxylic acids is 1. The van der Waals surface area contributed by atoms with Gasteiger partial charge in [0.2, 0.25) is 0 Å². The molecule has 0 aromatic rings. The number of carbonyl (C=O) groups is 1. The summed E-state index contributed by atoms with van der Waals surface area (Å²) >= 11 is 0. The first-order chi connectivity index (χ1) is 10.6. The summed E-state index contributed by atoms with van der Waals surface area (Å²) in [5, 5.41) is 0. The van der Waals surface area contributed by atoms with E-state index in [-0.39, 0.29) is 5.41 Å². The maximum absolute atomic E-state index is 11.0. The van der Waals surface area contributed by atoms with Gasteiger partial charge in [0.05, 0.1) is 0 Å². The molecule has 1 nitrogen and oxygen atoms in total. The van der Waals surface area contributed by atoms with Crippen LogP contribution in [-0.2, 0) is 4.79 Å². The Kier molecular flexibility index (Phi) is 3.25. The Morgan fingerprint density at radius 1 is 1.18 bits per heavy atom. The SMILES string of the molecule is C[C@]12CCCC=C1CC[C@@H]1C2=CC[C@]2(C)C(=CC=O)CC[C@@H]12. The molecule has 4 aliphatic rings. The molecule has 0 heterocycles. The van der Waals surface area contributed by atoms with Gasteiger partial charge in [-0.05, 0) is 74.7 Å². The Bertz CT molecular complexity index is 593. The molecule has 0 amide bonds. The van der Waals surface area contributed by atoms with Crippen LogP contribution in [0.3, 0.4) is 0 Å². The van der Waals surface area contributed by atoms with Crippen LogP contribution in [0, 0.1) is 22.7 Å². The molecule has 0 saturated heterocycles. The zero-order valence-electron chi connectivity index (χ0n) is 14.0. The minimum atomic E-state index is 0.251. The topological polar surface area (TPSA) is 17.1 Å². The highest BCUT2D eigenvalue weighted by atomic mass is 16.1. The molecule has 0 N–H and O–H groups in total. The molecular formula is C21H28O. The van der Waals surface area contributed by atoms with Crippen molar-refractivity contribution in [1.82, 2.24) is 0 Å². The normalized spacial score (nSPS) is 45.5. The maximum Gasteiger partial charge on any atom is 0.142 e. The summed E-state index contributed by atoms with van der Waals surface area (Å²) in [6.45, 7) is 4.93. The van der Waals surface area contributed by atoms with E-state index in [0.29, 0.717) is 5.41 Å². The average molecular weight is 296 g/mol.